The van der Waals surface area contributed by atoms with E-state index in [1.807, 2.05) is 31.2 Å². The molecule has 0 amide bonds. The van der Waals surface area contributed by atoms with E-state index in [1.54, 1.807) is 0 Å². The van der Waals surface area contributed by atoms with Gasteiger partial charge in [0, 0.05) is 0 Å². The van der Waals surface area contributed by atoms with Gasteiger partial charge in [-0.1, -0.05) is 29.8 Å². The fourth-order valence-electron chi connectivity index (χ4n) is 1.14. The molecule has 0 saturated heterocycles. The lowest BCUT2D eigenvalue weighted by Gasteiger charge is -2.05. The van der Waals surface area contributed by atoms with Crippen molar-refractivity contribution in [1.82, 2.24) is 20.6 Å². The first kappa shape index (κ1) is 8.68. The molecule has 0 fully saturated rings. The molecule has 2 rings (SSSR count). The van der Waals surface area contributed by atoms with Gasteiger partial charge >= 0.3 is 0 Å². The van der Waals surface area contributed by atoms with Crippen molar-refractivity contribution in [2.45, 2.75) is 13.5 Å². The molecule has 0 unspecified atom stereocenters. The van der Waals surface area contributed by atoms with Crippen LogP contribution in [0.3, 0.4) is 0 Å². The zero-order valence-electron chi connectivity index (χ0n) is 7.71. The van der Waals surface area contributed by atoms with Crippen LogP contribution in [0.15, 0.2) is 24.3 Å². The molecule has 1 aromatic carbocycles. The maximum atomic E-state index is 5.24. The van der Waals surface area contributed by atoms with Gasteiger partial charge in [0.2, 0.25) is 0 Å². The van der Waals surface area contributed by atoms with Crippen LogP contribution in [0.25, 0.3) is 0 Å². The third-order valence-corrected chi connectivity index (χ3v) is 1.75. The number of benzene rings is 1. The molecule has 0 aliphatic heterocycles. The molecular formula is C9H9N4O-. The molecule has 0 aliphatic carbocycles. The summed E-state index contributed by atoms with van der Waals surface area (Å²) in [5.41, 5.74) is 2.28. The fraction of sp³-hybridized carbons (Fsp3) is 0.222. The van der Waals surface area contributed by atoms with Gasteiger partial charge in [0.15, 0.2) is 6.01 Å². The van der Waals surface area contributed by atoms with Crippen molar-refractivity contribution in [1.29, 1.82) is 0 Å². The summed E-state index contributed by atoms with van der Waals surface area (Å²) in [5, 5.41) is 13.8. The minimum absolute atomic E-state index is 0.214. The monoisotopic (exact) mass is 189 g/mol. The molecule has 72 valence electrons. The van der Waals surface area contributed by atoms with Crippen molar-refractivity contribution in [3.8, 4) is 6.01 Å². The molecule has 0 atom stereocenters. The molecule has 14 heavy (non-hydrogen) atoms. The number of nitrogens with zero attached hydrogens (tertiary/aromatic N) is 4. The van der Waals surface area contributed by atoms with E-state index in [1.165, 1.54) is 5.56 Å². The van der Waals surface area contributed by atoms with Crippen molar-refractivity contribution < 1.29 is 4.74 Å². The summed E-state index contributed by atoms with van der Waals surface area (Å²) in [6.07, 6.45) is 0. The first-order chi connectivity index (χ1) is 6.84. The molecule has 0 spiro atoms. The summed E-state index contributed by atoms with van der Waals surface area (Å²) in [5.74, 6) is 0. The lowest BCUT2D eigenvalue weighted by molar-refractivity contribution is 0.279. The van der Waals surface area contributed by atoms with E-state index in [-0.39, 0.29) is 6.01 Å². The maximum Gasteiger partial charge on any atom is 0.186 e. The molecule has 0 radical (unpaired) electrons. The van der Waals surface area contributed by atoms with Gasteiger partial charge in [-0.25, -0.2) is 5.10 Å². The van der Waals surface area contributed by atoms with Crippen LogP contribution in [0.1, 0.15) is 11.1 Å². The topological polar surface area (TPSA) is 62.0 Å². The van der Waals surface area contributed by atoms with Gasteiger partial charge in [0.05, 0.1) is 0 Å². The highest BCUT2D eigenvalue weighted by Gasteiger charge is 1.94. The number of rotatable bonds is 3. The standard InChI is InChI=1S/C9H9N4O/c1-7-3-2-4-8(5-7)6-14-9-10-12-13-11-9/h2-5H,6H2,1H3/q-1. The number of hydrogen-bond donors (Lipinski definition) is 0. The lowest BCUT2D eigenvalue weighted by Crippen LogP contribution is -1.97. The lowest BCUT2D eigenvalue weighted by atomic mass is 10.1. The Balaban J connectivity index is 1.98. The van der Waals surface area contributed by atoms with Gasteiger partial charge in [-0.15, -0.1) is 0 Å². The summed E-state index contributed by atoms with van der Waals surface area (Å²) in [6.45, 7) is 2.47. The smallest absolute Gasteiger partial charge is 0.186 e. The number of aromatic nitrogens is 4. The van der Waals surface area contributed by atoms with Gasteiger partial charge < -0.3 is 4.74 Å². The third-order valence-electron chi connectivity index (χ3n) is 1.75. The molecular weight excluding hydrogens is 180 g/mol. The zero-order chi connectivity index (χ0) is 9.80. The Hall–Kier alpha value is -1.91. The molecule has 0 aliphatic rings. The van der Waals surface area contributed by atoms with Crippen molar-refractivity contribution in [3.05, 3.63) is 35.4 Å². The normalized spacial score (nSPS) is 10.1. The predicted octanol–water partition coefficient (Wildman–Crippen LogP) is 0.716. The average Bonchev–Trinajstić information content (AvgIpc) is 2.67. The second kappa shape index (κ2) is 3.87. The maximum absolute atomic E-state index is 5.24. The molecule has 1 heterocycles. The van der Waals surface area contributed by atoms with Crippen LogP contribution in [0.2, 0.25) is 0 Å². The Morgan fingerprint density at radius 3 is 3.07 bits per heavy atom. The van der Waals surface area contributed by atoms with Gasteiger partial charge in [0.25, 0.3) is 0 Å². The van der Waals surface area contributed by atoms with Crippen LogP contribution >= 0.6 is 0 Å². The minimum atomic E-state index is 0.214. The van der Waals surface area contributed by atoms with Gasteiger partial charge in [-0.3, -0.25) is 10.3 Å². The molecule has 1 aromatic heterocycles. The van der Waals surface area contributed by atoms with Crippen LogP contribution in [0.4, 0.5) is 0 Å². The number of ether oxygens (including phenoxy) is 1. The summed E-state index contributed by atoms with van der Waals surface area (Å²) in [6, 6.07) is 8.26. The van der Waals surface area contributed by atoms with Gasteiger partial charge in [-0.2, -0.15) is 5.21 Å². The summed E-state index contributed by atoms with van der Waals surface area (Å²) >= 11 is 0. The second-order valence-electron chi connectivity index (χ2n) is 2.94. The average molecular weight is 189 g/mol. The fourth-order valence-corrected chi connectivity index (χ4v) is 1.14. The largest absolute Gasteiger partial charge is 0.481 e. The first-order valence-electron chi connectivity index (χ1n) is 4.21. The number of hydrogen-bond acceptors (Lipinski definition) is 4. The molecule has 5 nitrogen and oxygen atoms in total. The highest BCUT2D eigenvalue weighted by Crippen LogP contribution is 2.06. The van der Waals surface area contributed by atoms with Gasteiger partial charge in [-0.05, 0) is 12.5 Å². The van der Waals surface area contributed by atoms with E-state index in [2.05, 4.69) is 20.6 Å². The zero-order valence-corrected chi connectivity index (χ0v) is 7.71. The highest BCUT2D eigenvalue weighted by atomic mass is 16.5. The van der Waals surface area contributed by atoms with Gasteiger partial charge in [0.1, 0.15) is 6.61 Å². The van der Waals surface area contributed by atoms with E-state index in [0.29, 0.717) is 6.61 Å². The van der Waals surface area contributed by atoms with E-state index >= 15 is 0 Å². The Labute approximate surface area is 81.1 Å². The van der Waals surface area contributed by atoms with E-state index in [0.717, 1.165) is 5.56 Å². The summed E-state index contributed by atoms with van der Waals surface area (Å²) in [7, 11) is 0. The Bertz CT molecular complexity index is 399. The second-order valence-corrected chi connectivity index (χ2v) is 2.94. The summed E-state index contributed by atoms with van der Waals surface area (Å²) in [4.78, 5) is 0. The first-order valence-corrected chi connectivity index (χ1v) is 4.21. The van der Waals surface area contributed by atoms with E-state index < -0.39 is 0 Å². The number of tetrazole rings is 1. The predicted molar refractivity (Wildman–Crippen MR) is 48.7 cm³/mol. The minimum Gasteiger partial charge on any atom is -0.481 e. The molecule has 0 saturated carbocycles. The van der Waals surface area contributed by atoms with Crippen molar-refractivity contribution in [2.24, 2.45) is 0 Å². The summed E-state index contributed by atoms with van der Waals surface area (Å²) < 4.78 is 5.24. The third kappa shape index (κ3) is 2.07. The van der Waals surface area contributed by atoms with E-state index in [9.17, 15) is 0 Å². The molecule has 2 aromatic rings. The van der Waals surface area contributed by atoms with Crippen molar-refractivity contribution >= 4 is 0 Å². The number of aryl methyl sites for hydroxylation is 1. The van der Waals surface area contributed by atoms with Crippen LogP contribution < -0.4 is 9.84 Å². The quantitative estimate of drug-likeness (QED) is 0.711. The SMILES string of the molecule is Cc1cccc(COc2nnn[n-]2)c1. The molecule has 0 bridgehead atoms. The van der Waals surface area contributed by atoms with Crippen molar-refractivity contribution in [3.63, 3.8) is 0 Å². The highest BCUT2D eigenvalue weighted by molar-refractivity contribution is 5.21. The van der Waals surface area contributed by atoms with Crippen LogP contribution in [0.5, 0.6) is 6.01 Å². The van der Waals surface area contributed by atoms with Crippen LogP contribution in [-0.2, 0) is 6.61 Å². The van der Waals surface area contributed by atoms with Crippen LogP contribution in [-0.4, -0.2) is 15.5 Å². The molecule has 5 heteroatoms. The van der Waals surface area contributed by atoms with Crippen LogP contribution in [0, 0.1) is 6.92 Å². The Morgan fingerprint density at radius 2 is 2.36 bits per heavy atom. The van der Waals surface area contributed by atoms with Crippen molar-refractivity contribution in [2.75, 3.05) is 0 Å². The molecule has 0 N–H and O–H groups in total. The Kier molecular flexibility index (Phi) is 2.40. The Morgan fingerprint density at radius 1 is 1.43 bits per heavy atom. The van der Waals surface area contributed by atoms with E-state index in [4.69, 9.17) is 4.74 Å².